The molecule has 0 heterocycles. The van der Waals surface area contributed by atoms with E-state index in [1.165, 1.54) is 19.3 Å². The fourth-order valence-electron chi connectivity index (χ4n) is 2.69. The Hall–Kier alpha value is -0.120. The van der Waals surface area contributed by atoms with Crippen LogP contribution in [-0.4, -0.2) is 31.6 Å². The molecule has 0 aromatic rings. The summed E-state index contributed by atoms with van der Waals surface area (Å²) in [6.45, 7) is 5.79. The molecule has 0 saturated heterocycles. The number of hydrogen-bond donors (Lipinski definition) is 2. The van der Waals surface area contributed by atoms with Gasteiger partial charge in [-0.3, -0.25) is 11.3 Å². The molecule has 3 nitrogen and oxygen atoms in total. The van der Waals surface area contributed by atoms with Gasteiger partial charge in [0.25, 0.3) is 0 Å². The Kier molecular flexibility index (Phi) is 5.03. The fourth-order valence-corrected chi connectivity index (χ4v) is 2.69. The molecular weight excluding hydrogens is 186 g/mol. The highest BCUT2D eigenvalue weighted by atomic mass is 15.3. The van der Waals surface area contributed by atoms with Crippen LogP contribution in [0.5, 0.6) is 0 Å². The van der Waals surface area contributed by atoms with Gasteiger partial charge in [-0.1, -0.05) is 20.3 Å². The second-order valence-electron chi connectivity index (χ2n) is 5.56. The van der Waals surface area contributed by atoms with Gasteiger partial charge in [0.05, 0.1) is 0 Å². The van der Waals surface area contributed by atoms with Gasteiger partial charge in [-0.25, -0.2) is 0 Å². The Balaban J connectivity index is 2.47. The van der Waals surface area contributed by atoms with Crippen molar-refractivity contribution in [2.75, 3.05) is 20.6 Å². The number of hydrogen-bond acceptors (Lipinski definition) is 3. The van der Waals surface area contributed by atoms with Gasteiger partial charge in [-0.2, -0.15) is 0 Å². The van der Waals surface area contributed by atoms with Crippen molar-refractivity contribution in [3.8, 4) is 0 Å². The SMILES string of the molecule is CC1CCC(C(CN(C)C)NN)CC1C. The summed E-state index contributed by atoms with van der Waals surface area (Å²) >= 11 is 0. The average Bonchev–Trinajstić information content (AvgIpc) is 2.18. The topological polar surface area (TPSA) is 41.3 Å². The van der Waals surface area contributed by atoms with Crippen LogP contribution in [0.3, 0.4) is 0 Å². The normalized spacial score (nSPS) is 34.4. The molecule has 0 aliphatic heterocycles. The zero-order chi connectivity index (χ0) is 11.4. The summed E-state index contributed by atoms with van der Waals surface area (Å²) in [5.74, 6) is 8.15. The summed E-state index contributed by atoms with van der Waals surface area (Å²) in [5, 5.41) is 0. The van der Waals surface area contributed by atoms with Gasteiger partial charge in [0.2, 0.25) is 0 Å². The highest BCUT2D eigenvalue weighted by Gasteiger charge is 2.29. The molecule has 0 bridgehead atoms. The highest BCUT2D eigenvalue weighted by molar-refractivity contribution is 4.83. The fraction of sp³-hybridized carbons (Fsp3) is 1.00. The summed E-state index contributed by atoms with van der Waals surface area (Å²) in [7, 11) is 4.22. The Morgan fingerprint density at radius 3 is 2.40 bits per heavy atom. The number of nitrogens with one attached hydrogen (secondary N) is 1. The second-order valence-corrected chi connectivity index (χ2v) is 5.56. The molecule has 1 aliphatic rings. The van der Waals surface area contributed by atoms with E-state index in [2.05, 4.69) is 38.3 Å². The molecule has 1 aliphatic carbocycles. The first-order valence-corrected chi connectivity index (χ1v) is 6.15. The lowest BCUT2D eigenvalue weighted by Crippen LogP contribution is -2.48. The molecule has 0 amide bonds. The molecule has 0 radical (unpaired) electrons. The van der Waals surface area contributed by atoms with Crippen LogP contribution < -0.4 is 11.3 Å². The van der Waals surface area contributed by atoms with Gasteiger partial charge in [-0.15, -0.1) is 0 Å². The molecule has 4 atom stereocenters. The van der Waals surface area contributed by atoms with Crippen LogP contribution in [0.25, 0.3) is 0 Å². The quantitative estimate of drug-likeness (QED) is 0.548. The van der Waals surface area contributed by atoms with E-state index in [0.29, 0.717) is 6.04 Å². The second kappa shape index (κ2) is 5.83. The molecule has 3 heteroatoms. The Morgan fingerprint density at radius 2 is 1.93 bits per heavy atom. The average molecular weight is 213 g/mol. The van der Waals surface area contributed by atoms with Crippen molar-refractivity contribution in [3.05, 3.63) is 0 Å². The third-order valence-corrected chi connectivity index (χ3v) is 3.98. The molecule has 0 aromatic carbocycles. The summed E-state index contributed by atoms with van der Waals surface area (Å²) in [5.41, 5.74) is 3.00. The van der Waals surface area contributed by atoms with E-state index < -0.39 is 0 Å². The minimum atomic E-state index is 0.454. The van der Waals surface area contributed by atoms with Crippen molar-refractivity contribution in [3.63, 3.8) is 0 Å². The van der Waals surface area contributed by atoms with Gasteiger partial charge in [0.1, 0.15) is 0 Å². The molecule has 0 aromatic heterocycles. The predicted molar refractivity (Wildman–Crippen MR) is 65.3 cm³/mol. The predicted octanol–water partition coefficient (Wildman–Crippen LogP) is 1.45. The Morgan fingerprint density at radius 1 is 1.27 bits per heavy atom. The lowest BCUT2D eigenvalue weighted by atomic mass is 9.73. The van der Waals surface area contributed by atoms with Crippen LogP contribution >= 0.6 is 0 Å². The van der Waals surface area contributed by atoms with Gasteiger partial charge in [0, 0.05) is 12.6 Å². The molecule has 1 rings (SSSR count). The van der Waals surface area contributed by atoms with Crippen LogP contribution in [0.4, 0.5) is 0 Å². The number of nitrogens with zero attached hydrogens (tertiary/aromatic N) is 1. The highest BCUT2D eigenvalue weighted by Crippen LogP contribution is 2.34. The van der Waals surface area contributed by atoms with Gasteiger partial charge < -0.3 is 4.90 Å². The van der Waals surface area contributed by atoms with Crippen molar-refractivity contribution in [1.29, 1.82) is 0 Å². The van der Waals surface area contributed by atoms with E-state index in [-0.39, 0.29) is 0 Å². The lowest BCUT2D eigenvalue weighted by molar-refractivity contribution is 0.154. The summed E-state index contributed by atoms with van der Waals surface area (Å²) in [6.07, 6.45) is 4.01. The zero-order valence-electron chi connectivity index (χ0n) is 10.7. The van der Waals surface area contributed by atoms with E-state index in [1.54, 1.807) is 0 Å². The van der Waals surface area contributed by atoms with Crippen molar-refractivity contribution in [2.24, 2.45) is 23.6 Å². The number of likely N-dealkylation sites (N-methyl/N-ethyl adjacent to an activating group) is 1. The smallest absolute Gasteiger partial charge is 0.0365 e. The van der Waals surface area contributed by atoms with Crippen molar-refractivity contribution in [1.82, 2.24) is 10.3 Å². The molecule has 0 spiro atoms. The van der Waals surface area contributed by atoms with Crippen LogP contribution in [0.1, 0.15) is 33.1 Å². The van der Waals surface area contributed by atoms with Crippen molar-refractivity contribution in [2.45, 2.75) is 39.2 Å². The standard InChI is InChI=1S/C12H27N3/c1-9-5-6-11(7-10(9)2)12(14-13)8-15(3)4/h9-12,14H,5-8,13H2,1-4H3. The van der Waals surface area contributed by atoms with E-state index >= 15 is 0 Å². The Labute approximate surface area is 94.4 Å². The lowest BCUT2D eigenvalue weighted by Gasteiger charge is -2.37. The van der Waals surface area contributed by atoms with Gasteiger partial charge >= 0.3 is 0 Å². The number of hydrazine groups is 1. The largest absolute Gasteiger partial charge is 0.308 e. The molecule has 1 fully saturated rings. The maximum Gasteiger partial charge on any atom is 0.0365 e. The first-order chi connectivity index (χ1) is 7.04. The Bertz CT molecular complexity index is 182. The third kappa shape index (κ3) is 3.74. The van der Waals surface area contributed by atoms with E-state index in [4.69, 9.17) is 5.84 Å². The van der Waals surface area contributed by atoms with Crippen molar-refractivity contribution >= 4 is 0 Å². The molecule has 90 valence electrons. The molecule has 3 N–H and O–H groups in total. The molecule has 15 heavy (non-hydrogen) atoms. The van der Waals surface area contributed by atoms with Gasteiger partial charge in [0.15, 0.2) is 0 Å². The number of rotatable bonds is 4. The summed E-state index contributed by atoms with van der Waals surface area (Å²) < 4.78 is 0. The molecular formula is C12H27N3. The minimum absolute atomic E-state index is 0.454. The van der Waals surface area contributed by atoms with E-state index in [0.717, 1.165) is 24.3 Å². The maximum absolute atomic E-state index is 5.66. The summed E-state index contributed by atoms with van der Waals surface area (Å²) in [4.78, 5) is 2.22. The van der Waals surface area contributed by atoms with Crippen LogP contribution in [-0.2, 0) is 0 Å². The van der Waals surface area contributed by atoms with E-state index in [9.17, 15) is 0 Å². The first kappa shape index (κ1) is 12.9. The molecule has 4 unspecified atom stereocenters. The van der Waals surface area contributed by atoms with Gasteiger partial charge in [-0.05, 0) is 44.7 Å². The maximum atomic E-state index is 5.66. The van der Waals surface area contributed by atoms with Crippen LogP contribution in [0.15, 0.2) is 0 Å². The van der Waals surface area contributed by atoms with Crippen molar-refractivity contribution < 1.29 is 0 Å². The summed E-state index contributed by atoms with van der Waals surface area (Å²) in [6, 6.07) is 0.454. The first-order valence-electron chi connectivity index (χ1n) is 6.15. The zero-order valence-corrected chi connectivity index (χ0v) is 10.7. The monoisotopic (exact) mass is 213 g/mol. The third-order valence-electron chi connectivity index (χ3n) is 3.98. The van der Waals surface area contributed by atoms with Crippen LogP contribution in [0.2, 0.25) is 0 Å². The van der Waals surface area contributed by atoms with Crippen LogP contribution in [0, 0.1) is 17.8 Å². The minimum Gasteiger partial charge on any atom is -0.308 e. The van der Waals surface area contributed by atoms with E-state index in [1.807, 2.05) is 0 Å². The number of nitrogens with two attached hydrogens (primary N) is 1. The molecule has 1 saturated carbocycles.